The fourth-order valence-corrected chi connectivity index (χ4v) is 7.60. The maximum absolute atomic E-state index is 4.93. The Morgan fingerprint density at radius 1 is 0.617 bits per heavy atom. The molecular weight excluding hydrogens is 707 g/mol. The molecule has 8 rings (SSSR count). The molecule has 2 radical (unpaired) electrons. The van der Waals surface area contributed by atoms with Crippen LogP contribution >= 0.6 is 17.0 Å². The molecule has 228 valence electrons. The van der Waals surface area contributed by atoms with Gasteiger partial charge in [-0.3, -0.25) is 0 Å². The van der Waals surface area contributed by atoms with Crippen molar-refractivity contribution in [1.29, 1.82) is 0 Å². The van der Waals surface area contributed by atoms with Crippen LogP contribution in [0, 0.1) is 6.07 Å². The van der Waals surface area contributed by atoms with Crippen LogP contribution in [0.3, 0.4) is 0 Å². The second-order valence-corrected chi connectivity index (χ2v) is 17.5. The molecule has 0 amide bonds. The molecule has 0 bridgehead atoms. The van der Waals surface area contributed by atoms with Gasteiger partial charge in [0.15, 0.2) is 0 Å². The van der Waals surface area contributed by atoms with E-state index < -0.39 is 20.8 Å². The summed E-state index contributed by atoms with van der Waals surface area (Å²) in [7, 11) is 10.7. The predicted molar refractivity (Wildman–Crippen MR) is 202 cm³/mol. The Labute approximate surface area is 300 Å². The molecule has 47 heavy (non-hydrogen) atoms. The SMILES string of the molecule is CC(C)(C)c1ccc2[cH-]c(-c3ccccc3)cc2c1-c1ccccc1-c1ccccc1.[Cl][Zr+2][Cl].[c-]1cccc2c1[Si]c1ccccc1-2. The smallest absolute Gasteiger partial charge is 0.0920 e. The van der Waals surface area contributed by atoms with Crippen molar-refractivity contribution < 1.29 is 20.8 Å². The van der Waals surface area contributed by atoms with Crippen molar-refractivity contribution in [1.82, 2.24) is 0 Å². The van der Waals surface area contributed by atoms with Crippen LogP contribution < -0.4 is 10.4 Å². The molecule has 1 heterocycles. The molecule has 7 aromatic carbocycles. The van der Waals surface area contributed by atoms with E-state index in [4.69, 9.17) is 17.0 Å². The first-order chi connectivity index (χ1) is 22.9. The molecular formula is C43H34Cl2SiZr. The molecule has 1 aliphatic rings. The zero-order valence-electron chi connectivity index (χ0n) is 26.7. The number of hydrogen-bond donors (Lipinski definition) is 0. The van der Waals surface area contributed by atoms with Crippen molar-refractivity contribution in [3.8, 4) is 44.5 Å². The van der Waals surface area contributed by atoms with E-state index >= 15 is 0 Å². The van der Waals surface area contributed by atoms with Gasteiger partial charge in [-0.05, 0) is 33.2 Å². The average Bonchev–Trinajstić information content (AvgIpc) is 3.71. The van der Waals surface area contributed by atoms with E-state index in [0.29, 0.717) is 0 Å². The minimum atomic E-state index is -0.826. The topological polar surface area (TPSA) is 0 Å². The van der Waals surface area contributed by atoms with Crippen molar-refractivity contribution >= 4 is 47.7 Å². The van der Waals surface area contributed by atoms with Crippen LogP contribution in [0.5, 0.6) is 0 Å². The van der Waals surface area contributed by atoms with Gasteiger partial charge in [-0.15, -0.1) is 40.1 Å². The van der Waals surface area contributed by atoms with E-state index in [0.717, 1.165) is 9.52 Å². The first-order valence-corrected chi connectivity index (χ1v) is 23.0. The van der Waals surface area contributed by atoms with Crippen molar-refractivity contribution in [2.75, 3.05) is 0 Å². The maximum Gasteiger partial charge on any atom is 0.0920 e. The van der Waals surface area contributed by atoms with Gasteiger partial charge in [0.25, 0.3) is 0 Å². The van der Waals surface area contributed by atoms with E-state index in [9.17, 15) is 0 Å². The molecule has 1 aliphatic heterocycles. The third kappa shape index (κ3) is 7.53. The first kappa shape index (κ1) is 33.5. The van der Waals surface area contributed by atoms with Gasteiger partial charge >= 0.3 is 37.9 Å². The average molecular weight is 741 g/mol. The van der Waals surface area contributed by atoms with Gasteiger partial charge in [-0.1, -0.05) is 152 Å². The summed E-state index contributed by atoms with van der Waals surface area (Å²) in [5.74, 6) is 0. The van der Waals surface area contributed by atoms with E-state index in [1.807, 2.05) is 6.07 Å². The van der Waals surface area contributed by atoms with Gasteiger partial charge in [0, 0.05) is 0 Å². The van der Waals surface area contributed by atoms with E-state index in [1.54, 1.807) is 0 Å². The molecule has 7 aromatic rings. The summed E-state index contributed by atoms with van der Waals surface area (Å²) in [5, 5.41) is 5.45. The normalized spacial score (nSPS) is 11.3. The molecule has 0 atom stereocenters. The Hall–Kier alpha value is -3.39. The van der Waals surface area contributed by atoms with E-state index in [1.165, 1.54) is 71.2 Å². The fraction of sp³-hybridized carbons (Fsp3) is 0.0930. The largest absolute Gasteiger partial charge is 0.184 e. The quantitative estimate of drug-likeness (QED) is 0.125. The Kier molecular flexibility index (Phi) is 10.9. The summed E-state index contributed by atoms with van der Waals surface area (Å²) in [6, 6.07) is 57.7. The van der Waals surface area contributed by atoms with Crippen LogP contribution in [0.4, 0.5) is 0 Å². The molecule has 0 unspecified atom stereocenters. The zero-order valence-corrected chi connectivity index (χ0v) is 31.7. The van der Waals surface area contributed by atoms with Crippen LogP contribution in [0.2, 0.25) is 0 Å². The van der Waals surface area contributed by atoms with Crippen LogP contribution in [-0.4, -0.2) is 9.52 Å². The van der Waals surface area contributed by atoms with Gasteiger partial charge in [0.2, 0.25) is 0 Å². The Bertz CT molecular complexity index is 2050. The van der Waals surface area contributed by atoms with Gasteiger partial charge in [0.05, 0.1) is 9.52 Å². The molecule has 0 aliphatic carbocycles. The number of fused-ring (bicyclic) bond motifs is 4. The summed E-state index contributed by atoms with van der Waals surface area (Å²) in [6.45, 7) is 6.93. The minimum Gasteiger partial charge on any atom is -0.184 e. The second kappa shape index (κ2) is 15.2. The number of halogens is 2. The van der Waals surface area contributed by atoms with E-state index in [-0.39, 0.29) is 5.41 Å². The van der Waals surface area contributed by atoms with Gasteiger partial charge in [-0.25, -0.2) is 0 Å². The number of hydrogen-bond acceptors (Lipinski definition) is 0. The second-order valence-electron chi connectivity index (χ2n) is 12.5. The summed E-state index contributed by atoms with van der Waals surface area (Å²) in [5.41, 5.74) is 11.9. The zero-order chi connectivity index (χ0) is 32.8. The van der Waals surface area contributed by atoms with Crippen molar-refractivity contribution in [3.63, 3.8) is 0 Å². The van der Waals surface area contributed by atoms with Gasteiger partial charge in [0.1, 0.15) is 0 Å². The summed E-state index contributed by atoms with van der Waals surface area (Å²) in [6.07, 6.45) is 0. The van der Waals surface area contributed by atoms with Crippen LogP contribution in [0.25, 0.3) is 55.3 Å². The van der Waals surface area contributed by atoms with Crippen molar-refractivity contribution in [3.05, 3.63) is 163 Å². The summed E-state index contributed by atoms with van der Waals surface area (Å²) in [4.78, 5) is 0. The monoisotopic (exact) mass is 738 g/mol. The minimum absolute atomic E-state index is 0.0392. The third-order valence-corrected chi connectivity index (χ3v) is 9.79. The van der Waals surface area contributed by atoms with Gasteiger partial charge < -0.3 is 0 Å². The predicted octanol–water partition coefficient (Wildman–Crippen LogP) is 11.4. The summed E-state index contributed by atoms with van der Waals surface area (Å²) >= 11 is -0.826. The molecule has 0 nitrogen and oxygen atoms in total. The molecule has 0 saturated heterocycles. The number of rotatable bonds is 3. The van der Waals surface area contributed by atoms with Gasteiger partial charge in [-0.2, -0.15) is 29.5 Å². The first-order valence-electron chi connectivity index (χ1n) is 15.7. The third-order valence-electron chi connectivity index (χ3n) is 8.42. The molecule has 0 spiro atoms. The van der Waals surface area contributed by atoms with Crippen LogP contribution in [0.15, 0.2) is 152 Å². The van der Waals surface area contributed by atoms with Crippen molar-refractivity contribution in [2.24, 2.45) is 0 Å². The molecule has 0 N–H and O–H groups in total. The Balaban J connectivity index is 0.000000199. The Morgan fingerprint density at radius 3 is 1.87 bits per heavy atom. The van der Waals surface area contributed by atoms with Crippen LogP contribution in [0.1, 0.15) is 26.3 Å². The van der Waals surface area contributed by atoms with Crippen molar-refractivity contribution in [2.45, 2.75) is 26.2 Å². The molecule has 0 aromatic heterocycles. The summed E-state index contributed by atoms with van der Waals surface area (Å²) < 4.78 is 0. The number of benzene rings is 6. The molecule has 0 saturated carbocycles. The fourth-order valence-electron chi connectivity index (χ4n) is 6.29. The standard InChI is InChI=1S/C31H27.C12H7Si.2ClH.Zr/c1-31(2,3)29-19-18-24-20-25(22-12-6-4-7-13-22)21-28(24)30(29)27-17-11-10-16-26(27)23-14-8-5-9-15-23;1-3-7-11-9(5-1)10-6-2-4-8-12(10)13-11;;;/h4-21H,1-3H3;1-7H;2*1H;/q2*-1;;;+4/p-2. The van der Waals surface area contributed by atoms with E-state index in [2.05, 4.69) is 172 Å². The molecule has 4 heteroatoms. The Morgan fingerprint density at radius 2 is 1.19 bits per heavy atom. The van der Waals surface area contributed by atoms with Crippen LogP contribution in [-0.2, 0) is 26.3 Å². The maximum atomic E-state index is 4.93. The molecule has 0 fully saturated rings.